The van der Waals surface area contributed by atoms with Gasteiger partial charge in [0.1, 0.15) is 23.6 Å². The molecule has 1 atom stereocenters. The predicted octanol–water partition coefficient (Wildman–Crippen LogP) is 1.94. The molecular formula is C19H21N5O4. The van der Waals surface area contributed by atoms with Crippen molar-refractivity contribution in [1.29, 1.82) is 0 Å². The third kappa shape index (κ3) is 4.56. The van der Waals surface area contributed by atoms with Gasteiger partial charge in [0.2, 0.25) is 0 Å². The highest BCUT2D eigenvalue weighted by atomic mass is 16.5. The maximum atomic E-state index is 12.3. The van der Waals surface area contributed by atoms with Crippen LogP contribution >= 0.6 is 0 Å². The van der Waals surface area contributed by atoms with E-state index in [1.807, 2.05) is 13.0 Å². The number of rotatable bonds is 8. The van der Waals surface area contributed by atoms with Crippen molar-refractivity contribution in [3.8, 4) is 22.9 Å². The van der Waals surface area contributed by atoms with E-state index in [0.717, 1.165) is 11.3 Å². The van der Waals surface area contributed by atoms with Crippen molar-refractivity contribution in [1.82, 2.24) is 25.5 Å². The second-order valence-electron chi connectivity index (χ2n) is 5.93. The number of hydrogen-bond acceptors (Lipinski definition) is 7. The summed E-state index contributed by atoms with van der Waals surface area (Å²) < 4.78 is 17.7. The molecule has 9 heteroatoms. The number of tetrazole rings is 1. The first kappa shape index (κ1) is 19.2. The van der Waals surface area contributed by atoms with E-state index in [1.165, 1.54) is 11.0 Å². The summed E-state index contributed by atoms with van der Waals surface area (Å²) in [5.41, 5.74) is 1.61. The van der Waals surface area contributed by atoms with Crippen molar-refractivity contribution in [2.75, 3.05) is 20.8 Å². The molecule has 1 N–H and O–H groups in total. The third-order valence-electron chi connectivity index (χ3n) is 4.10. The molecule has 1 unspecified atom stereocenters. The average Bonchev–Trinajstić information content (AvgIpc) is 3.27. The van der Waals surface area contributed by atoms with Crippen molar-refractivity contribution in [3.05, 3.63) is 54.4 Å². The quantitative estimate of drug-likeness (QED) is 0.634. The fraction of sp³-hybridized carbons (Fsp3) is 0.263. The van der Waals surface area contributed by atoms with Crippen LogP contribution in [0, 0.1) is 0 Å². The normalized spacial score (nSPS) is 11.5. The second-order valence-corrected chi connectivity index (χ2v) is 5.93. The number of carbonyl (C=O) groups is 1. The maximum absolute atomic E-state index is 12.3. The second kappa shape index (κ2) is 8.85. The van der Waals surface area contributed by atoms with E-state index in [4.69, 9.17) is 14.2 Å². The van der Waals surface area contributed by atoms with Crippen LogP contribution in [-0.4, -0.2) is 46.9 Å². The number of methoxy groups -OCH3 is 2. The summed E-state index contributed by atoms with van der Waals surface area (Å²) in [5, 5.41) is 13.9. The van der Waals surface area contributed by atoms with Crippen molar-refractivity contribution in [3.63, 3.8) is 0 Å². The molecular weight excluding hydrogens is 362 g/mol. The Morgan fingerprint density at radius 1 is 1.11 bits per heavy atom. The van der Waals surface area contributed by atoms with Crippen LogP contribution < -0.4 is 19.5 Å². The summed E-state index contributed by atoms with van der Waals surface area (Å²) in [6.45, 7) is 1.76. The van der Waals surface area contributed by atoms with Gasteiger partial charge in [-0.15, -0.1) is 5.10 Å². The van der Waals surface area contributed by atoms with E-state index in [0.29, 0.717) is 17.2 Å². The molecule has 0 aliphatic heterocycles. The van der Waals surface area contributed by atoms with Crippen LogP contribution in [-0.2, 0) is 4.79 Å². The minimum atomic E-state index is -0.275. The maximum Gasteiger partial charge on any atom is 0.258 e. The number of benzene rings is 2. The van der Waals surface area contributed by atoms with Crippen molar-refractivity contribution in [2.45, 2.75) is 13.0 Å². The Hall–Kier alpha value is -3.62. The van der Waals surface area contributed by atoms with Gasteiger partial charge in [0.25, 0.3) is 5.91 Å². The van der Waals surface area contributed by atoms with Crippen LogP contribution in [0.1, 0.15) is 18.5 Å². The molecule has 9 nitrogen and oxygen atoms in total. The van der Waals surface area contributed by atoms with E-state index in [1.54, 1.807) is 50.6 Å². The summed E-state index contributed by atoms with van der Waals surface area (Å²) >= 11 is 0. The van der Waals surface area contributed by atoms with Gasteiger partial charge < -0.3 is 19.5 Å². The highest BCUT2D eigenvalue weighted by Crippen LogP contribution is 2.29. The number of amides is 1. The Kier molecular flexibility index (Phi) is 6.05. The van der Waals surface area contributed by atoms with Crippen LogP contribution in [0.25, 0.3) is 5.69 Å². The van der Waals surface area contributed by atoms with Crippen LogP contribution in [0.3, 0.4) is 0 Å². The van der Waals surface area contributed by atoms with E-state index in [9.17, 15) is 4.79 Å². The molecule has 0 saturated heterocycles. The van der Waals surface area contributed by atoms with Gasteiger partial charge in [-0.05, 0) is 59.8 Å². The lowest BCUT2D eigenvalue weighted by atomic mass is 10.1. The molecule has 0 fully saturated rings. The van der Waals surface area contributed by atoms with Gasteiger partial charge in [0, 0.05) is 5.56 Å². The Labute approximate surface area is 162 Å². The third-order valence-corrected chi connectivity index (χ3v) is 4.10. The molecule has 1 amide bonds. The number of nitrogens with one attached hydrogen (secondary N) is 1. The SMILES string of the molecule is COc1ccc(OC)c(C(C)NC(=O)COc2ccc(-n3cnnn3)cc2)c1. The molecule has 1 heterocycles. The zero-order chi connectivity index (χ0) is 19.9. The van der Waals surface area contributed by atoms with Crippen LogP contribution in [0.5, 0.6) is 17.2 Å². The van der Waals surface area contributed by atoms with Crippen molar-refractivity contribution < 1.29 is 19.0 Å². The average molecular weight is 383 g/mol. The lowest BCUT2D eigenvalue weighted by Crippen LogP contribution is -2.31. The Morgan fingerprint density at radius 3 is 2.50 bits per heavy atom. The van der Waals surface area contributed by atoms with Gasteiger partial charge in [-0.25, -0.2) is 4.68 Å². The van der Waals surface area contributed by atoms with E-state index < -0.39 is 0 Å². The standard InChI is InChI=1S/C19H21N5O4/c1-13(17-10-16(26-2)8-9-18(17)27-3)21-19(25)11-28-15-6-4-14(5-7-15)24-12-20-22-23-24/h4-10,12-13H,11H2,1-3H3,(H,21,25). The van der Waals surface area contributed by atoms with Gasteiger partial charge in [-0.3, -0.25) is 4.79 Å². The van der Waals surface area contributed by atoms with Gasteiger partial charge in [-0.1, -0.05) is 0 Å². The lowest BCUT2D eigenvalue weighted by Gasteiger charge is -2.18. The van der Waals surface area contributed by atoms with Crippen LogP contribution in [0.4, 0.5) is 0 Å². The smallest absolute Gasteiger partial charge is 0.258 e. The summed E-state index contributed by atoms with van der Waals surface area (Å²) in [7, 11) is 3.18. The first-order valence-corrected chi connectivity index (χ1v) is 8.58. The molecule has 146 valence electrons. The van der Waals surface area contributed by atoms with E-state index in [2.05, 4.69) is 20.8 Å². The fourth-order valence-corrected chi connectivity index (χ4v) is 2.66. The molecule has 0 aliphatic carbocycles. The van der Waals surface area contributed by atoms with Crippen LogP contribution in [0.2, 0.25) is 0 Å². The zero-order valence-electron chi connectivity index (χ0n) is 15.8. The van der Waals surface area contributed by atoms with Crippen molar-refractivity contribution >= 4 is 5.91 Å². The van der Waals surface area contributed by atoms with Gasteiger partial charge >= 0.3 is 0 Å². The Bertz CT molecular complexity index is 913. The molecule has 0 bridgehead atoms. The highest BCUT2D eigenvalue weighted by molar-refractivity contribution is 5.78. The number of hydrogen-bond donors (Lipinski definition) is 1. The molecule has 0 aliphatic rings. The summed E-state index contributed by atoms with van der Waals surface area (Å²) in [4.78, 5) is 12.3. The summed E-state index contributed by atoms with van der Waals surface area (Å²) in [6.07, 6.45) is 1.50. The van der Waals surface area contributed by atoms with Gasteiger partial charge in [-0.2, -0.15) is 0 Å². The van der Waals surface area contributed by atoms with Crippen molar-refractivity contribution in [2.24, 2.45) is 0 Å². The molecule has 0 saturated carbocycles. The summed E-state index contributed by atoms with van der Waals surface area (Å²) in [6, 6.07) is 12.3. The predicted molar refractivity (Wildman–Crippen MR) is 101 cm³/mol. The highest BCUT2D eigenvalue weighted by Gasteiger charge is 2.15. The van der Waals surface area contributed by atoms with Crippen LogP contribution in [0.15, 0.2) is 48.8 Å². The lowest BCUT2D eigenvalue weighted by molar-refractivity contribution is -0.123. The molecule has 2 aromatic carbocycles. The first-order chi connectivity index (χ1) is 13.6. The summed E-state index contributed by atoms with van der Waals surface area (Å²) in [5.74, 6) is 1.68. The first-order valence-electron chi connectivity index (χ1n) is 8.58. The largest absolute Gasteiger partial charge is 0.497 e. The number of aromatic nitrogens is 4. The van der Waals surface area contributed by atoms with Gasteiger partial charge in [0.05, 0.1) is 25.9 Å². The fourth-order valence-electron chi connectivity index (χ4n) is 2.66. The minimum absolute atomic E-state index is 0.110. The van der Waals surface area contributed by atoms with E-state index in [-0.39, 0.29) is 18.6 Å². The molecule has 3 aromatic rings. The number of ether oxygens (including phenoxy) is 3. The molecule has 28 heavy (non-hydrogen) atoms. The topological polar surface area (TPSA) is 100 Å². The number of nitrogens with zero attached hydrogens (tertiary/aromatic N) is 4. The minimum Gasteiger partial charge on any atom is -0.497 e. The molecule has 1 aromatic heterocycles. The monoisotopic (exact) mass is 383 g/mol. The van der Waals surface area contributed by atoms with E-state index >= 15 is 0 Å². The molecule has 0 radical (unpaired) electrons. The zero-order valence-corrected chi connectivity index (χ0v) is 15.8. The Balaban J connectivity index is 1.57. The van der Waals surface area contributed by atoms with Gasteiger partial charge in [0.15, 0.2) is 6.61 Å². The number of carbonyl (C=O) groups excluding carboxylic acids is 1. The Morgan fingerprint density at radius 2 is 1.86 bits per heavy atom. The molecule has 0 spiro atoms. The molecule has 3 rings (SSSR count).